The Balaban J connectivity index is 2.43. The van der Waals surface area contributed by atoms with Gasteiger partial charge in [-0.1, -0.05) is 19.1 Å². The lowest BCUT2D eigenvalue weighted by molar-refractivity contribution is 0.263. The Morgan fingerprint density at radius 3 is 2.50 bits per heavy atom. The number of ether oxygens (including phenoxy) is 1. The molecule has 78 valence electrons. The molecule has 0 aliphatic rings. The molecule has 14 heavy (non-hydrogen) atoms. The van der Waals surface area contributed by atoms with Gasteiger partial charge >= 0.3 is 0 Å². The van der Waals surface area contributed by atoms with Gasteiger partial charge in [0.1, 0.15) is 5.75 Å². The van der Waals surface area contributed by atoms with Gasteiger partial charge in [0.15, 0.2) is 0 Å². The maximum atomic E-state index is 8.83. The summed E-state index contributed by atoms with van der Waals surface area (Å²) in [5.74, 6) is 1.19. The Hall–Kier alpha value is -1.06. The van der Waals surface area contributed by atoms with Crippen molar-refractivity contribution in [3.05, 3.63) is 29.8 Å². The Morgan fingerprint density at radius 2 is 2.00 bits per heavy atom. The van der Waals surface area contributed by atoms with Gasteiger partial charge in [0.05, 0.1) is 13.2 Å². The number of hydrogen-bond acceptors (Lipinski definition) is 3. The van der Waals surface area contributed by atoms with Gasteiger partial charge in [-0.15, -0.1) is 0 Å². The minimum Gasteiger partial charge on any atom is -0.493 e. The fraction of sp³-hybridized carbons (Fsp3) is 0.455. The normalized spacial score (nSPS) is 12.5. The van der Waals surface area contributed by atoms with E-state index in [1.165, 1.54) is 0 Å². The third-order valence-corrected chi connectivity index (χ3v) is 2.04. The third-order valence-electron chi connectivity index (χ3n) is 2.04. The topological polar surface area (TPSA) is 55.5 Å². The summed E-state index contributed by atoms with van der Waals surface area (Å²) in [4.78, 5) is 0. The third kappa shape index (κ3) is 3.36. The number of rotatable bonds is 5. The molecule has 0 spiro atoms. The van der Waals surface area contributed by atoms with Crippen LogP contribution in [0.1, 0.15) is 12.5 Å². The Kier molecular flexibility index (Phi) is 4.43. The second kappa shape index (κ2) is 5.62. The molecule has 3 N–H and O–H groups in total. The average Bonchev–Trinajstić information content (AvgIpc) is 2.26. The fourth-order valence-corrected chi connectivity index (χ4v) is 0.998. The molecule has 0 fully saturated rings. The van der Waals surface area contributed by atoms with Gasteiger partial charge in [0.25, 0.3) is 0 Å². The number of nitrogens with two attached hydrogens (primary N) is 1. The van der Waals surface area contributed by atoms with Crippen LogP contribution in [-0.2, 0) is 6.61 Å². The molecule has 0 bridgehead atoms. The lowest BCUT2D eigenvalue weighted by atomic mass is 10.2. The molecule has 3 nitrogen and oxygen atoms in total. The van der Waals surface area contributed by atoms with Crippen molar-refractivity contribution in [1.29, 1.82) is 0 Å². The van der Waals surface area contributed by atoms with Crippen LogP contribution in [0.4, 0.5) is 0 Å². The zero-order valence-corrected chi connectivity index (χ0v) is 8.44. The predicted octanol–water partition coefficient (Wildman–Crippen LogP) is 1.15. The molecule has 1 unspecified atom stereocenters. The van der Waals surface area contributed by atoms with Crippen LogP contribution in [0.15, 0.2) is 24.3 Å². The number of aliphatic hydroxyl groups excluding tert-OH is 1. The maximum Gasteiger partial charge on any atom is 0.119 e. The molecule has 1 atom stereocenters. The van der Waals surface area contributed by atoms with E-state index in [0.29, 0.717) is 19.1 Å². The Labute approximate surface area is 84.5 Å². The van der Waals surface area contributed by atoms with Gasteiger partial charge in [-0.05, 0) is 24.2 Å². The van der Waals surface area contributed by atoms with Crippen LogP contribution < -0.4 is 10.5 Å². The highest BCUT2D eigenvalue weighted by molar-refractivity contribution is 5.26. The van der Waals surface area contributed by atoms with Gasteiger partial charge in [-0.3, -0.25) is 0 Å². The van der Waals surface area contributed by atoms with E-state index in [4.69, 9.17) is 15.6 Å². The quantitative estimate of drug-likeness (QED) is 0.741. The van der Waals surface area contributed by atoms with Crippen molar-refractivity contribution in [2.45, 2.75) is 13.5 Å². The standard InChI is InChI=1S/C11H17NO2/c1-9(6-12)8-14-11-4-2-10(7-13)3-5-11/h2-5,9,13H,6-8,12H2,1H3. The summed E-state index contributed by atoms with van der Waals surface area (Å²) >= 11 is 0. The lowest BCUT2D eigenvalue weighted by Gasteiger charge is -2.10. The van der Waals surface area contributed by atoms with E-state index >= 15 is 0 Å². The van der Waals surface area contributed by atoms with E-state index in [1.54, 1.807) is 0 Å². The summed E-state index contributed by atoms with van der Waals surface area (Å²) < 4.78 is 5.50. The summed E-state index contributed by atoms with van der Waals surface area (Å²) in [5.41, 5.74) is 6.36. The molecule has 1 rings (SSSR count). The molecule has 0 aliphatic heterocycles. The van der Waals surface area contributed by atoms with Gasteiger partial charge in [0, 0.05) is 5.92 Å². The highest BCUT2D eigenvalue weighted by Gasteiger charge is 2.00. The largest absolute Gasteiger partial charge is 0.493 e. The van der Waals surface area contributed by atoms with Crippen molar-refractivity contribution in [3.8, 4) is 5.75 Å². The summed E-state index contributed by atoms with van der Waals surface area (Å²) in [5, 5.41) is 8.83. The summed E-state index contributed by atoms with van der Waals surface area (Å²) in [6.45, 7) is 3.38. The van der Waals surface area contributed by atoms with E-state index in [-0.39, 0.29) is 6.61 Å². The molecule has 0 saturated heterocycles. The van der Waals surface area contributed by atoms with Crippen molar-refractivity contribution in [3.63, 3.8) is 0 Å². The number of hydrogen-bond donors (Lipinski definition) is 2. The molecule has 0 amide bonds. The first-order valence-corrected chi connectivity index (χ1v) is 4.79. The van der Waals surface area contributed by atoms with Crippen LogP contribution in [0.3, 0.4) is 0 Å². The number of aliphatic hydroxyl groups is 1. The molecule has 0 aliphatic carbocycles. The van der Waals surface area contributed by atoms with Crippen molar-refractivity contribution in [1.82, 2.24) is 0 Å². The second-order valence-electron chi connectivity index (χ2n) is 3.45. The van der Waals surface area contributed by atoms with E-state index in [0.717, 1.165) is 11.3 Å². The van der Waals surface area contributed by atoms with Crippen LogP contribution in [-0.4, -0.2) is 18.3 Å². The van der Waals surface area contributed by atoms with E-state index in [2.05, 4.69) is 0 Å². The molecular weight excluding hydrogens is 178 g/mol. The van der Waals surface area contributed by atoms with Crippen LogP contribution >= 0.6 is 0 Å². The molecule has 1 aromatic rings. The van der Waals surface area contributed by atoms with E-state index in [1.807, 2.05) is 31.2 Å². The van der Waals surface area contributed by atoms with Crippen molar-refractivity contribution < 1.29 is 9.84 Å². The van der Waals surface area contributed by atoms with Crippen LogP contribution in [0.25, 0.3) is 0 Å². The predicted molar refractivity (Wildman–Crippen MR) is 56.1 cm³/mol. The zero-order valence-electron chi connectivity index (χ0n) is 8.44. The average molecular weight is 195 g/mol. The molecule has 0 heterocycles. The smallest absolute Gasteiger partial charge is 0.119 e. The fourth-order valence-electron chi connectivity index (χ4n) is 0.998. The maximum absolute atomic E-state index is 8.83. The van der Waals surface area contributed by atoms with E-state index in [9.17, 15) is 0 Å². The highest BCUT2D eigenvalue weighted by Crippen LogP contribution is 2.12. The van der Waals surface area contributed by atoms with Crippen LogP contribution in [0.5, 0.6) is 5.75 Å². The minimum absolute atomic E-state index is 0.0689. The minimum atomic E-state index is 0.0689. The molecule has 1 aromatic carbocycles. The highest BCUT2D eigenvalue weighted by atomic mass is 16.5. The van der Waals surface area contributed by atoms with Crippen molar-refractivity contribution in [2.24, 2.45) is 11.7 Å². The summed E-state index contributed by atoms with van der Waals surface area (Å²) in [7, 11) is 0. The first-order valence-electron chi connectivity index (χ1n) is 4.79. The Morgan fingerprint density at radius 1 is 1.36 bits per heavy atom. The van der Waals surface area contributed by atoms with E-state index < -0.39 is 0 Å². The molecule has 0 radical (unpaired) electrons. The zero-order chi connectivity index (χ0) is 10.4. The lowest BCUT2D eigenvalue weighted by Crippen LogP contribution is -2.18. The number of benzene rings is 1. The van der Waals surface area contributed by atoms with Crippen molar-refractivity contribution in [2.75, 3.05) is 13.2 Å². The van der Waals surface area contributed by atoms with Gasteiger partial charge in [-0.25, -0.2) is 0 Å². The molecule has 3 heteroatoms. The molecule has 0 aromatic heterocycles. The SMILES string of the molecule is CC(CN)COc1ccc(CO)cc1. The van der Waals surface area contributed by atoms with Gasteiger partial charge in [0.2, 0.25) is 0 Å². The first-order chi connectivity index (χ1) is 6.76. The van der Waals surface area contributed by atoms with Crippen molar-refractivity contribution >= 4 is 0 Å². The van der Waals surface area contributed by atoms with Crippen LogP contribution in [0, 0.1) is 5.92 Å². The Bertz CT molecular complexity index is 258. The van der Waals surface area contributed by atoms with Gasteiger partial charge in [-0.2, -0.15) is 0 Å². The monoisotopic (exact) mass is 195 g/mol. The van der Waals surface area contributed by atoms with Crippen LogP contribution in [0.2, 0.25) is 0 Å². The molecule has 0 saturated carbocycles. The second-order valence-corrected chi connectivity index (χ2v) is 3.45. The first kappa shape index (κ1) is 11.0. The molecular formula is C11H17NO2. The van der Waals surface area contributed by atoms with Gasteiger partial charge < -0.3 is 15.6 Å². The summed E-state index contributed by atoms with van der Waals surface area (Å²) in [6.07, 6.45) is 0. The summed E-state index contributed by atoms with van der Waals surface area (Å²) in [6, 6.07) is 7.41.